The number of aryl methyl sites for hydroxylation is 1. The molecule has 4 rings (SSSR count). The van der Waals surface area contributed by atoms with Crippen molar-refractivity contribution in [2.24, 2.45) is 5.92 Å². The summed E-state index contributed by atoms with van der Waals surface area (Å²) in [5.74, 6) is 2.14. The van der Waals surface area contributed by atoms with Crippen LogP contribution in [0.5, 0.6) is 0 Å². The fraction of sp³-hybridized carbons (Fsp3) is 0.300. The van der Waals surface area contributed by atoms with Crippen molar-refractivity contribution < 1.29 is 9.32 Å². The molecular formula is C20H20N4O2. The van der Waals surface area contributed by atoms with Crippen molar-refractivity contribution in [3.63, 3.8) is 0 Å². The van der Waals surface area contributed by atoms with Crippen LogP contribution in [0.25, 0.3) is 11.4 Å². The van der Waals surface area contributed by atoms with Gasteiger partial charge in [-0.2, -0.15) is 4.98 Å². The highest BCUT2D eigenvalue weighted by Crippen LogP contribution is 2.46. The lowest BCUT2D eigenvalue weighted by Gasteiger charge is -2.04. The normalized spacial score (nSPS) is 18.5. The van der Waals surface area contributed by atoms with E-state index in [4.69, 9.17) is 4.52 Å². The number of carbonyl (C=O) groups excluding carboxylic acids is 1. The van der Waals surface area contributed by atoms with E-state index in [1.807, 2.05) is 18.2 Å². The number of carbonyl (C=O) groups is 1. The molecule has 3 aromatic rings. The molecule has 0 spiro atoms. The fourth-order valence-corrected chi connectivity index (χ4v) is 3.11. The number of hydrogen-bond donors (Lipinski definition) is 1. The topological polar surface area (TPSA) is 80.9 Å². The Morgan fingerprint density at radius 1 is 1.15 bits per heavy atom. The van der Waals surface area contributed by atoms with Crippen LogP contribution in [0.3, 0.4) is 0 Å². The van der Waals surface area contributed by atoms with Crippen LogP contribution in [-0.2, 0) is 11.2 Å². The third-order valence-electron chi connectivity index (χ3n) is 4.68. The van der Waals surface area contributed by atoms with Gasteiger partial charge in [-0.15, -0.1) is 0 Å². The summed E-state index contributed by atoms with van der Waals surface area (Å²) in [7, 11) is 0. The molecule has 1 fully saturated rings. The molecule has 1 saturated carbocycles. The number of nitrogens with one attached hydrogen (secondary N) is 1. The summed E-state index contributed by atoms with van der Waals surface area (Å²) in [6, 6.07) is 14.1. The van der Waals surface area contributed by atoms with Gasteiger partial charge in [-0.25, -0.2) is 0 Å². The highest BCUT2D eigenvalue weighted by atomic mass is 16.5. The summed E-state index contributed by atoms with van der Waals surface area (Å²) >= 11 is 0. The molecule has 2 heterocycles. The first-order valence-corrected chi connectivity index (χ1v) is 8.84. The van der Waals surface area contributed by atoms with Crippen molar-refractivity contribution in [3.05, 3.63) is 66.3 Å². The lowest BCUT2D eigenvalue weighted by Crippen LogP contribution is -2.26. The maximum atomic E-state index is 12.1. The third kappa shape index (κ3) is 3.96. The molecule has 0 radical (unpaired) electrons. The first kappa shape index (κ1) is 16.4. The van der Waals surface area contributed by atoms with Gasteiger partial charge in [0.15, 0.2) is 0 Å². The van der Waals surface area contributed by atoms with Gasteiger partial charge in [0.05, 0.1) is 0 Å². The van der Waals surface area contributed by atoms with Crippen LogP contribution in [0, 0.1) is 5.92 Å². The van der Waals surface area contributed by atoms with Crippen LogP contribution >= 0.6 is 0 Å². The minimum absolute atomic E-state index is 0.0207. The smallest absolute Gasteiger partial charge is 0.227 e. The molecular weight excluding hydrogens is 328 g/mol. The molecule has 0 bridgehead atoms. The molecule has 1 N–H and O–H groups in total. The van der Waals surface area contributed by atoms with Crippen LogP contribution < -0.4 is 5.32 Å². The Labute approximate surface area is 151 Å². The van der Waals surface area contributed by atoms with Gasteiger partial charge >= 0.3 is 0 Å². The van der Waals surface area contributed by atoms with E-state index in [1.165, 1.54) is 5.56 Å². The van der Waals surface area contributed by atoms with Crippen molar-refractivity contribution in [1.82, 2.24) is 20.4 Å². The summed E-state index contributed by atoms with van der Waals surface area (Å²) in [5.41, 5.74) is 2.21. The van der Waals surface area contributed by atoms with Gasteiger partial charge < -0.3 is 9.84 Å². The number of amides is 1. The van der Waals surface area contributed by atoms with Gasteiger partial charge in [-0.1, -0.05) is 35.5 Å². The minimum atomic E-state index is 0.0207. The summed E-state index contributed by atoms with van der Waals surface area (Å²) in [4.78, 5) is 20.3. The highest BCUT2D eigenvalue weighted by Gasteiger charge is 2.37. The lowest BCUT2D eigenvalue weighted by molar-refractivity contribution is -0.121. The van der Waals surface area contributed by atoms with E-state index < -0.39 is 0 Å². The summed E-state index contributed by atoms with van der Waals surface area (Å²) in [6.45, 7) is 0.727. The van der Waals surface area contributed by atoms with E-state index >= 15 is 0 Å². The zero-order chi connectivity index (χ0) is 17.8. The molecule has 6 nitrogen and oxygen atoms in total. The standard InChI is InChI=1S/C20H20N4O2/c25-18(22-13-16-12-17(16)14-4-2-1-3-5-14)6-7-19-23-20(24-26-19)15-8-10-21-11-9-15/h1-5,8-11,16-17H,6-7,12-13H2,(H,22,25)/t16-,17-/m0/s1. The average Bonchev–Trinajstić information content (AvgIpc) is 3.33. The van der Waals surface area contributed by atoms with E-state index in [0.717, 1.165) is 18.5 Å². The number of nitrogens with zero attached hydrogens (tertiary/aromatic N) is 3. The molecule has 1 aliphatic rings. The molecule has 26 heavy (non-hydrogen) atoms. The molecule has 0 unspecified atom stereocenters. The molecule has 6 heteroatoms. The second-order valence-corrected chi connectivity index (χ2v) is 6.56. The van der Waals surface area contributed by atoms with E-state index in [-0.39, 0.29) is 5.91 Å². The summed E-state index contributed by atoms with van der Waals surface area (Å²) < 4.78 is 5.22. The van der Waals surface area contributed by atoms with E-state index in [2.05, 4.69) is 44.7 Å². The van der Waals surface area contributed by atoms with Crippen molar-refractivity contribution in [2.75, 3.05) is 6.54 Å². The average molecular weight is 348 g/mol. The van der Waals surface area contributed by atoms with Crippen LogP contribution in [-0.4, -0.2) is 27.6 Å². The van der Waals surface area contributed by atoms with Gasteiger partial charge in [0.1, 0.15) is 0 Å². The van der Waals surface area contributed by atoms with Crippen LogP contribution in [0.2, 0.25) is 0 Å². The minimum Gasteiger partial charge on any atom is -0.356 e. The first-order valence-electron chi connectivity index (χ1n) is 8.84. The Hall–Kier alpha value is -3.02. The fourth-order valence-electron chi connectivity index (χ4n) is 3.11. The van der Waals surface area contributed by atoms with Gasteiger partial charge in [-0.05, 0) is 36.0 Å². The molecule has 1 aliphatic carbocycles. The molecule has 2 aromatic heterocycles. The zero-order valence-electron chi connectivity index (χ0n) is 14.3. The number of benzene rings is 1. The Kier molecular flexibility index (Phi) is 4.73. The Morgan fingerprint density at radius 3 is 2.77 bits per heavy atom. The van der Waals surface area contributed by atoms with Crippen LogP contribution in [0.15, 0.2) is 59.4 Å². The second-order valence-electron chi connectivity index (χ2n) is 6.56. The van der Waals surface area contributed by atoms with Crippen molar-refractivity contribution >= 4 is 5.91 Å². The molecule has 1 amide bonds. The zero-order valence-corrected chi connectivity index (χ0v) is 14.3. The largest absolute Gasteiger partial charge is 0.356 e. The van der Waals surface area contributed by atoms with Gasteiger partial charge in [0, 0.05) is 37.3 Å². The van der Waals surface area contributed by atoms with Crippen molar-refractivity contribution in [3.8, 4) is 11.4 Å². The predicted octanol–water partition coefficient (Wildman–Crippen LogP) is 2.98. The van der Waals surface area contributed by atoms with Crippen LogP contribution in [0.1, 0.15) is 30.2 Å². The van der Waals surface area contributed by atoms with E-state index in [9.17, 15) is 4.79 Å². The van der Waals surface area contributed by atoms with Crippen LogP contribution in [0.4, 0.5) is 0 Å². The monoisotopic (exact) mass is 348 g/mol. The molecule has 1 aromatic carbocycles. The number of hydrogen-bond acceptors (Lipinski definition) is 5. The third-order valence-corrected chi connectivity index (χ3v) is 4.68. The molecule has 0 saturated heterocycles. The second kappa shape index (κ2) is 7.47. The maximum absolute atomic E-state index is 12.1. The number of pyridine rings is 1. The van der Waals surface area contributed by atoms with Gasteiger partial charge in [0.2, 0.25) is 17.6 Å². The molecule has 2 atom stereocenters. The highest BCUT2D eigenvalue weighted by molar-refractivity contribution is 5.76. The predicted molar refractivity (Wildman–Crippen MR) is 96.1 cm³/mol. The first-order chi connectivity index (χ1) is 12.8. The SMILES string of the molecule is O=C(CCc1nc(-c2ccncc2)no1)NC[C@@H]1C[C@H]1c1ccccc1. The quantitative estimate of drug-likeness (QED) is 0.710. The van der Waals surface area contributed by atoms with Crippen molar-refractivity contribution in [2.45, 2.75) is 25.2 Å². The summed E-state index contributed by atoms with van der Waals surface area (Å²) in [5, 5.41) is 6.96. The van der Waals surface area contributed by atoms with Crippen molar-refractivity contribution in [1.29, 1.82) is 0 Å². The number of rotatable bonds is 7. The Bertz CT molecular complexity index is 864. The van der Waals surface area contributed by atoms with Gasteiger partial charge in [0.25, 0.3) is 0 Å². The van der Waals surface area contributed by atoms with E-state index in [1.54, 1.807) is 12.4 Å². The van der Waals surface area contributed by atoms with Gasteiger partial charge in [-0.3, -0.25) is 9.78 Å². The lowest BCUT2D eigenvalue weighted by atomic mass is 10.1. The number of aromatic nitrogens is 3. The molecule has 0 aliphatic heterocycles. The van der Waals surface area contributed by atoms with E-state index in [0.29, 0.717) is 36.4 Å². The Morgan fingerprint density at radius 2 is 1.96 bits per heavy atom. The molecule has 132 valence electrons. The summed E-state index contributed by atoms with van der Waals surface area (Å²) in [6.07, 6.45) is 5.29. The Balaban J connectivity index is 1.21. The maximum Gasteiger partial charge on any atom is 0.227 e.